The highest BCUT2D eigenvalue weighted by Crippen LogP contribution is 2.31. The van der Waals surface area contributed by atoms with Crippen molar-refractivity contribution in [2.45, 2.75) is 34.1 Å². The predicted octanol–water partition coefficient (Wildman–Crippen LogP) is 5.82. The van der Waals surface area contributed by atoms with Gasteiger partial charge in [-0.1, -0.05) is 57.7 Å². The lowest BCUT2D eigenvalue weighted by Crippen LogP contribution is -2.21. The fourth-order valence-corrected chi connectivity index (χ4v) is 3.50. The quantitative estimate of drug-likeness (QED) is 0.541. The van der Waals surface area contributed by atoms with Crippen LogP contribution in [0.3, 0.4) is 0 Å². The van der Waals surface area contributed by atoms with Crippen LogP contribution in [0.1, 0.15) is 37.5 Å². The summed E-state index contributed by atoms with van der Waals surface area (Å²) in [6.07, 6.45) is 9.48. The van der Waals surface area contributed by atoms with Crippen LogP contribution in [0.2, 0.25) is 0 Å². The van der Waals surface area contributed by atoms with E-state index in [1.54, 1.807) is 0 Å². The first-order chi connectivity index (χ1) is 14.1. The Morgan fingerprint density at radius 1 is 1.03 bits per heavy atom. The smallest absolute Gasteiger partial charge is 0.130 e. The highest BCUT2D eigenvalue weighted by atomic mass is 32.2. The first-order valence-electron chi connectivity index (χ1n) is 10.3. The Morgan fingerprint density at radius 2 is 1.71 bits per heavy atom. The molecule has 0 atom stereocenters. The molecule has 0 saturated heterocycles. The van der Waals surface area contributed by atoms with Crippen LogP contribution in [0.15, 0.2) is 73.1 Å². The summed E-state index contributed by atoms with van der Waals surface area (Å²) in [6.45, 7) is 13.5. The molecule has 1 aliphatic rings. The Bertz CT molecular complexity index is 873. The van der Waals surface area contributed by atoms with Crippen molar-refractivity contribution >= 4 is 17.3 Å². The molecule has 0 saturated carbocycles. The summed E-state index contributed by atoms with van der Waals surface area (Å²) >= 11 is 1.85. The predicted molar refractivity (Wildman–Crippen MR) is 137 cm³/mol. The van der Waals surface area contributed by atoms with Gasteiger partial charge in [0.2, 0.25) is 0 Å². The molecule has 0 unspecified atom stereocenters. The molecular formula is C26H37NO3S. The van der Waals surface area contributed by atoms with Gasteiger partial charge in [-0.3, -0.25) is 0 Å². The van der Waals surface area contributed by atoms with Crippen molar-refractivity contribution in [3.63, 3.8) is 0 Å². The number of ether oxygens (including phenoxy) is 1. The van der Waals surface area contributed by atoms with Gasteiger partial charge in [0.05, 0.1) is 0 Å². The van der Waals surface area contributed by atoms with Crippen LogP contribution in [0.4, 0.5) is 0 Å². The Morgan fingerprint density at radius 3 is 2.29 bits per heavy atom. The van der Waals surface area contributed by atoms with Crippen LogP contribution < -0.4 is 4.74 Å². The molecule has 1 aliphatic heterocycles. The molecule has 3 rings (SSSR count). The Hall–Kier alpha value is -2.47. The lowest BCUT2D eigenvalue weighted by molar-refractivity contribution is 0.478. The van der Waals surface area contributed by atoms with Gasteiger partial charge in [0.1, 0.15) is 11.5 Å². The average Bonchev–Trinajstić information content (AvgIpc) is 2.76. The molecule has 1 heterocycles. The van der Waals surface area contributed by atoms with E-state index in [0.29, 0.717) is 0 Å². The fourth-order valence-electron chi connectivity index (χ4n) is 3.12. The van der Waals surface area contributed by atoms with Gasteiger partial charge < -0.3 is 20.6 Å². The highest BCUT2D eigenvalue weighted by Gasteiger charge is 2.14. The zero-order valence-electron chi connectivity index (χ0n) is 19.4. The van der Waals surface area contributed by atoms with Crippen LogP contribution >= 0.6 is 11.8 Å². The molecule has 0 fully saturated rings. The molecular weight excluding hydrogens is 406 g/mol. The van der Waals surface area contributed by atoms with Gasteiger partial charge in [-0.05, 0) is 60.6 Å². The van der Waals surface area contributed by atoms with E-state index in [0.717, 1.165) is 52.6 Å². The summed E-state index contributed by atoms with van der Waals surface area (Å²) in [7, 11) is 0. The van der Waals surface area contributed by atoms with E-state index >= 15 is 0 Å². The first-order valence-corrected chi connectivity index (χ1v) is 11.7. The van der Waals surface area contributed by atoms with Crippen LogP contribution in [-0.4, -0.2) is 34.4 Å². The number of hydrogen-bond donors (Lipinski definition) is 0. The van der Waals surface area contributed by atoms with Gasteiger partial charge in [-0.2, -0.15) is 11.8 Å². The number of aryl methyl sites for hydroxylation is 2. The van der Waals surface area contributed by atoms with Crippen molar-refractivity contribution in [2.24, 2.45) is 0 Å². The summed E-state index contributed by atoms with van der Waals surface area (Å²) in [5.41, 5.74) is 5.86. The van der Waals surface area contributed by atoms with Crippen molar-refractivity contribution < 1.29 is 15.7 Å². The van der Waals surface area contributed by atoms with Gasteiger partial charge in [0, 0.05) is 29.8 Å². The van der Waals surface area contributed by atoms with E-state index in [1.165, 1.54) is 5.56 Å². The van der Waals surface area contributed by atoms with Crippen LogP contribution in [0.5, 0.6) is 11.5 Å². The fraction of sp³-hybridized carbons (Fsp3) is 0.308. The van der Waals surface area contributed by atoms with Crippen LogP contribution in [0, 0.1) is 6.92 Å². The highest BCUT2D eigenvalue weighted by molar-refractivity contribution is 7.98. The van der Waals surface area contributed by atoms with E-state index in [1.807, 2.05) is 37.7 Å². The third kappa shape index (κ3) is 7.62. The second-order valence-electron chi connectivity index (χ2n) is 6.63. The number of thioether (sulfide) groups is 1. The normalized spacial score (nSPS) is 12.1. The third-order valence-corrected chi connectivity index (χ3v) is 5.35. The second kappa shape index (κ2) is 14.5. The van der Waals surface area contributed by atoms with Crippen molar-refractivity contribution in [3.05, 3.63) is 89.8 Å². The molecule has 0 aromatic heterocycles. The first kappa shape index (κ1) is 28.5. The number of nitrogens with zero attached hydrogens (tertiary/aromatic N) is 1. The summed E-state index contributed by atoms with van der Waals surface area (Å²) in [6, 6.07) is 14.6. The number of allylic oxidation sites excluding steroid dienone is 3. The van der Waals surface area contributed by atoms with E-state index in [9.17, 15) is 0 Å². The van der Waals surface area contributed by atoms with E-state index < -0.39 is 0 Å². The van der Waals surface area contributed by atoms with Gasteiger partial charge in [0.25, 0.3) is 0 Å². The van der Waals surface area contributed by atoms with E-state index in [2.05, 4.69) is 80.3 Å². The summed E-state index contributed by atoms with van der Waals surface area (Å²) < 4.78 is 6.08. The van der Waals surface area contributed by atoms with E-state index in [-0.39, 0.29) is 11.0 Å². The van der Waals surface area contributed by atoms with Crippen molar-refractivity contribution in [3.8, 4) is 11.5 Å². The molecule has 4 nitrogen and oxygen atoms in total. The lowest BCUT2D eigenvalue weighted by Gasteiger charge is -2.27. The largest absolute Gasteiger partial charge is 0.457 e. The zero-order valence-corrected chi connectivity index (χ0v) is 20.2. The van der Waals surface area contributed by atoms with Crippen LogP contribution in [-0.2, 0) is 6.42 Å². The topological polar surface area (TPSA) is 75.5 Å². The molecule has 0 aliphatic carbocycles. The minimum Gasteiger partial charge on any atom is -0.457 e. The minimum atomic E-state index is 0. The Balaban J connectivity index is 0.00000219. The molecule has 2 aromatic carbocycles. The average molecular weight is 444 g/mol. The van der Waals surface area contributed by atoms with Gasteiger partial charge in [-0.25, -0.2) is 0 Å². The van der Waals surface area contributed by atoms with Crippen molar-refractivity contribution in [2.75, 3.05) is 18.6 Å². The minimum absolute atomic E-state index is 0. The molecule has 0 radical (unpaired) electrons. The molecule has 2 aromatic rings. The third-order valence-electron chi connectivity index (χ3n) is 4.76. The maximum absolute atomic E-state index is 6.08. The SMILES string of the molecule is C=C1C(c2ccc(Oc3ccc(CC)cc3C)cc2)=CC=CN1CCSC.CC.O.O. The van der Waals surface area contributed by atoms with Gasteiger partial charge >= 0.3 is 0 Å². The molecule has 0 amide bonds. The van der Waals surface area contributed by atoms with Crippen molar-refractivity contribution in [1.29, 1.82) is 0 Å². The summed E-state index contributed by atoms with van der Waals surface area (Å²) in [4.78, 5) is 2.22. The number of hydrogen-bond acceptors (Lipinski definition) is 3. The molecule has 0 spiro atoms. The Kier molecular flexibility index (Phi) is 13.4. The Labute approximate surface area is 191 Å². The molecule has 31 heavy (non-hydrogen) atoms. The monoisotopic (exact) mass is 443 g/mol. The lowest BCUT2D eigenvalue weighted by atomic mass is 10.0. The second-order valence-corrected chi connectivity index (χ2v) is 7.62. The van der Waals surface area contributed by atoms with Crippen LogP contribution in [0.25, 0.3) is 5.57 Å². The maximum Gasteiger partial charge on any atom is 0.130 e. The zero-order chi connectivity index (χ0) is 21.2. The number of benzene rings is 2. The van der Waals surface area contributed by atoms with Crippen molar-refractivity contribution in [1.82, 2.24) is 4.90 Å². The van der Waals surface area contributed by atoms with Gasteiger partial charge in [0.15, 0.2) is 0 Å². The standard InChI is InChI=1S/C24H27NOS.C2H6.2H2O/c1-5-20-8-13-24(18(2)17-20)26-22-11-9-21(10-12-22)23-7-6-14-25(19(23)3)15-16-27-4;1-2;;/h6-14,17H,3,5,15-16H2,1-2,4H3;1-2H3;2*1H2. The molecule has 5 heteroatoms. The maximum atomic E-state index is 6.08. The van der Waals surface area contributed by atoms with Gasteiger partial charge in [-0.15, -0.1) is 0 Å². The molecule has 170 valence electrons. The summed E-state index contributed by atoms with van der Waals surface area (Å²) in [5, 5.41) is 0. The van der Waals surface area contributed by atoms with E-state index in [4.69, 9.17) is 4.74 Å². The number of rotatable bonds is 7. The summed E-state index contributed by atoms with van der Waals surface area (Å²) in [5.74, 6) is 2.84. The molecule has 4 N–H and O–H groups in total. The molecule has 0 bridgehead atoms.